The molecule has 1 heterocycles. The van der Waals surface area contributed by atoms with Crippen LogP contribution in [-0.4, -0.2) is 28.9 Å². The lowest BCUT2D eigenvalue weighted by Gasteiger charge is -2.31. The first-order chi connectivity index (χ1) is 16.2. The van der Waals surface area contributed by atoms with E-state index in [0.29, 0.717) is 11.6 Å². The van der Waals surface area contributed by atoms with Gasteiger partial charge in [-0.1, -0.05) is 55.7 Å². The molecule has 4 nitrogen and oxygen atoms in total. The summed E-state index contributed by atoms with van der Waals surface area (Å²) in [5.41, 5.74) is 7.76. The fourth-order valence-electron chi connectivity index (χ4n) is 4.82. The van der Waals surface area contributed by atoms with E-state index in [4.69, 9.17) is 0 Å². The number of aromatic nitrogens is 1. The second-order valence-corrected chi connectivity index (χ2v) is 9.82. The van der Waals surface area contributed by atoms with E-state index in [1.54, 1.807) is 11.3 Å². The smallest absolute Gasteiger partial charge is 0.255 e. The van der Waals surface area contributed by atoms with Gasteiger partial charge in [-0.05, 0) is 66.9 Å². The Morgan fingerprint density at radius 1 is 1.03 bits per heavy atom. The van der Waals surface area contributed by atoms with Crippen molar-refractivity contribution in [2.75, 3.05) is 12.4 Å². The monoisotopic (exact) mass is 455 g/mol. The van der Waals surface area contributed by atoms with Crippen LogP contribution in [0.3, 0.4) is 0 Å². The standard InChI is InChI=1S/C28H29N3OS/c1-31(24-10-6-3-7-11-24)18-22-16-21(12-14-25(22)20-8-4-2-5-9-20)28(32)30-23-13-15-27-26(17-23)29-19-33-27/h2,4-5,8-9,12-17,19,24H,3,6-7,10-11,18H2,1H3,(H,30,32). The number of nitrogens with one attached hydrogen (secondary N) is 1. The quantitative estimate of drug-likeness (QED) is 0.341. The summed E-state index contributed by atoms with van der Waals surface area (Å²) >= 11 is 1.60. The SMILES string of the molecule is CN(Cc1cc(C(=O)Nc2ccc3scnc3c2)ccc1-c1ccccc1)C1CCCCC1. The molecule has 1 amide bonds. The maximum atomic E-state index is 13.1. The van der Waals surface area contributed by atoms with Crippen LogP contribution in [0.1, 0.15) is 48.0 Å². The van der Waals surface area contributed by atoms with Crippen LogP contribution in [0.5, 0.6) is 0 Å². The van der Waals surface area contributed by atoms with Crippen LogP contribution in [0.4, 0.5) is 5.69 Å². The number of nitrogens with zero attached hydrogens (tertiary/aromatic N) is 2. The third-order valence-electron chi connectivity index (χ3n) is 6.66. The molecule has 0 bridgehead atoms. The molecule has 0 spiro atoms. The van der Waals surface area contributed by atoms with Crippen molar-refractivity contribution in [2.24, 2.45) is 0 Å². The average Bonchev–Trinajstić information content (AvgIpc) is 3.33. The Hall–Kier alpha value is -3.02. The zero-order valence-corrected chi connectivity index (χ0v) is 19.8. The molecule has 1 N–H and O–H groups in total. The van der Waals surface area contributed by atoms with Gasteiger partial charge in [0.15, 0.2) is 0 Å². The van der Waals surface area contributed by atoms with Crippen molar-refractivity contribution < 1.29 is 4.79 Å². The largest absolute Gasteiger partial charge is 0.322 e. The molecular formula is C28H29N3OS. The van der Waals surface area contributed by atoms with E-state index in [9.17, 15) is 4.79 Å². The van der Waals surface area contributed by atoms with Crippen LogP contribution in [0, 0.1) is 0 Å². The minimum atomic E-state index is -0.0919. The predicted octanol–water partition coefficient (Wildman–Crippen LogP) is 6.98. The summed E-state index contributed by atoms with van der Waals surface area (Å²) in [7, 11) is 2.22. The molecule has 0 unspecified atom stereocenters. The highest BCUT2D eigenvalue weighted by Crippen LogP contribution is 2.29. The summed E-state index contributed by atoms with van der Waals surface area (Å²) in [5.74, 6) is -0.0919. The summed E-state index contributed by atoms with van der Waals surface area (Å²) < 4.78 is 1.12. The highest BCUT2D eigenvalue weighted by atomic mass is 32.1. The Kier molecular flexibility index (Phi) is 6.51. The van der Waals surface area contributed by atoms with Gasteiger partial charge in [-0.15, -0.1) is 11.3 Å². The fourth-order valence-corrected chi connectivity index (χ4v) is 5.48. The van der Waals surface area contributed by atoms with Crippen LogP contribution < -0.4 is 5.32 Å². The molecule has 33 heavy (non-hydrogen) atoms. The normalized spacial score (nSPS) is 14.6. The van der Waals surface area contributed by atoms with Gasteiger partial charge in [0.25, 0.3) is 5.91 Å². The number of benzene rings is 3. The van der Waals surface area contributed by atoms with Crippen LogP contribution in [0.25, 0.3) is 21.3 Å². The molecule has 0 atom stereocenters. The van der Waals surface area contributed by atoms with Gasteiger partial charge in [0, 0.05) is 23.8 Å². The number of carbonyl (C=O) groups is 1. The van der Waals surface area contributed by atoms with E-state index in [1.165, 1.54) is 48.8 Å². The van der Waals surface area contributed by atoms with Gasteiger partial charge in [0.2, 0.25) is 0 Å². The van der Waals surface area contributed by atoms with Gasteiger partial charge in [-0.2, -0.15) is 0 Å². The van der Waals surface area contributed by atoms with Crippen LogP contribution in [0.15, 0.2) is 72.2 Å². The Morgan fingerprint density at radius 2 is 1.85 bits per heavy atom. The van der Waals surface area contributed by atoms with Crippen LogP contribution >= 0.6 is 11.3 Å². The zero-order chi connectivity index (χ0) is 22.6. The van der Waals surface area contributed by atoms with E-state index in [0.717, 1.165) is 22.4 Å². The molecule has 0 radical (unpaired) electrons. The van der Waals surface area contributed by atoms with E-state index in [1.807, 2.05) is 35.8 Å². The number of fused-ring (bicyclic) bond motifs is 1. The van der Waals surface area contributed by atoms with Crippen LogP contribution in [0.2, 0.25) is 0 Å². The van der Waals surface area contributed by atoms with Gasteiger partial charge in [0.05, 0.1) is 15.7 Å². The molecular weight excluding hydrogens is 426 g/mol. The van der Waals surface area contributed by atoms with Gasteiger partial charge in [0.1, 0.15) is 0 Å². The first-order valence-electron chi connectivity index (χ1n) is 11.7. The minimum absolute atomic E-state index is 0.0919. The van der Waals surface area contributed by atoms with Crippen LogP contribution in [-0.2, 0) is 6.54 Å². The third-order valence-corrected chi connectivity index (χ3v) is 7.47. The number of hydrogen-bond donors (Lipinski definition) is 1. The highest BCUT2D eigenvalue weighted by Gasteiger charge is 2.20. The third kappa shape index (κ3) is 5.00. The van der Waals surface area contributed by atoms with Crippen molar-refractivity contribution in [2.45, 2.75) is 44.7 Å². The maximum absolute atomic E-state index is 13.1. The van der Waals surface area contributed by atoms with E-state index in [-0.39, 0.29) is 5.91 Å². The summed E-state index contributed by atoms with van der Waals surface area (Å²) in [6.45, 7) is 0.834. The Morgan fingerprint density at radius 3 is 2.67 bits per heavy atom. The molecule has 168 valence electrons. The van der Waals surface area contributed by atoms with Crippen molar-refractivity contribution in [1.82, 2.24) is 9.88 Å². The molecule has 3 aromatic carbocycles. The lowest BCUT2D eigenvalue weighted by atomic mass is 9.93. The van der Waals surface area contributed by atoms with Gasteiger partial charge >= 0.3 is 0 Å². The Balaban J connectivity index is 1.42. The van der Waals surface area contributed by atoms with Crippen molar-refractivity contribution in [1.29, 1.82) is 0 Å². The molecule has 0 saturated heterocycles. The Bertz CT molecular complexity index is 1240. The predicted molar refractivity (Wildman–Crippen MR) is 138 cm³/mol. The number of thiazole rings is 1. The fraction of sp³-hybridized carbons (Fsp3) is 0.286. The highest BCUT2D eigenvalue weighted by molar-refractivity contribution is 7.16. The minimum Gasteiger partial charge on any atom is -0.322 e. The number of anilines is 1. The molecule has 1 aliphatic carbocycles. The van der Waals surface area contributed by atoms with Gasteiger partial charge in [-0.25, -0.2) is 4.98 Å². The molecule has 1 aromatic heterocycles. The number of amides is 1. The van der Waals surface area contributed by atoms with E-state index in [2.05, 4.69) is 58.6 Å². The van der Waals surface area contributed by atoms with Crippen molar-refractivity contribution in [3.05, 3.63) is 83.4 Å². The molecule has 1 fully saturated rings. The topological polar surface area (TPSA) is 45.2 Å². The van der Waals surface area contributed by atoms with Gasteiger partial charge < -0.3 is 5.32 Å². The molecule has 5 rings (SSSR count). The average molecular weight is 456 g/mol. The van der Waals surface area contributed by atoms with Crippen molar-refractivity contribution >= 4 is 33.1 Å². The second-order valence-electron chi connectivity index (χ2n) is 8.93. The Labute approximate surface area is 199 Å². The molecule has 4 aromatic rings. The number of rotatable bonds is 6. The maximum Gasteiger partial charge on any atom is 0.255 e. The summed E-state index contributed by atoms with van der Waals surface area (Å²) in [4.78, 5) is 20.0. The molecule has 1 saturated carbocycles. The number of hydrogen-bond acceptors (Lipinski definition) is 4. The summed E-state index contributed by atoms with van der Waals surface area (Å²) in [6.07, 6.45) is 6.49. The summed E-state index contributed by atoms with van der Waals surface area (Å²) in [5, 5.41) is 3.06. The van der Waals surface area contributed by atoms with Crippen molar-refractivity contribution in [3.8, 4) is 11.1 Å². The van der Waals surface area contributed by atoms with E-state index < -0.39 is 0 Å². The van der Waals surface area contributed by atoms with E-state index >= 15 is 0 Å². The lowest BCUT2D eigenvalue weighted by Crippen LogP contribution is -2.33. The second kappa shape index (κ2) is 9.86. The summed E-state index contributed by atoms with van der Waals surface area (Å²) in [6, 6.07) is 23.0. The lowest BCUT2D eigenvalue weighted by molar-refractivity contribution is 0.102. The molecule has 5 heteroatoms. The van der Waals surface area contributed by atoms with Gasteiger partial charge in [-0.3, -0.25) is 9.69 Å². The zero-order valence-electron chi connectivity index (χ0n) is 19.0. The molecule has 1 aliphatic rings. The molecule has 0 aliphatic heterocycles. The first-order valence-corrected chi connectivity index (χ1v) is 12.6. The van der Waals surface area contributed by atoms with Crippen molar-refractivity contribution in [3.63, 3.8) is 0 Å². The number of carbonyl (C=O) groups excluding carboxylic acids is 1. The first kappa shape index (κ1) is 21.8.